The summed E-state index contributed by atoms with van der Waals surface area (Å²) in [6, 6.07) is 6.04. The predicted octanol–water partition coefficient (Wildman–Crippen LogP) is 3.12. The lowest BCUT2D eigenvalue weighted by Gasteiger charge is -2.53. The lowest BCUT2D eigenvalue weighted by Crippen LogP contribution is -2.67. The summed E-state index contributed by atoms with van der Waals surface area (Å²) in [5, 5.41) is 0. The van der Waals surface area contributed by atoms with E-state index >= 15 is 0 Å². The number of benzene rings is 1. The largest absolute Gasteiger partial charge is 0.381 e. The zero-order valence-electron chi connectivity index (χ0n) is 16.5. The van der Waals surface area contributed by atoms with E-state index in [9.17, 15) is 4.79 Å². The van der Waals surface area contributed by atoms with Gasteiger partial charge in [0.05, 0.1) is 19.2 Å². The highest BCUT2D eigenvalue weighted by molar-refractivity contribution is 5.95. The fourth-order valence-electron chi connectivity index (χ4n) is 4.60. The molecule has 4 rings (SSSR count). The standard InChI is InChI=1S/C22H31NO4/c1-16-9-17(2)11-19(10-16)21(24)23-14-22(15-23)12-20(5-8-27-22)26-13-18-3-6-25-7-4-18/h9-11,18,20H,3-8,12-15H2,1-2H3. The number of nitrogens with zero attached hydrogens (tertiary/aromatic N) is 1. The summed E-state index contributed by atoms with van der Waals surface area (Å²) in [5.74, 6) is 0.739. The van der Waals surface area contributed by atoms with Gasteiger partial charge in [-0.2, -0.15) is 0 Å². The van der Waals surface area contributed by atoms with Crippen molar-refractivity contribution in [2.75, 3.05) is 39.5 Å². The van der Waals surface area contributed by atoms with E-state index in [1.165, 1.54) is 0 Å². The van der Waals surface area contributed by atoms with Gasteiger partial charge in [0.25, 0.3) is 5.91 Å². The van der Waals surface area contributed by atoms with Crippen LogP contribution in [0.3, 0.4) is 0 Å². The minimum atomic E-state index is -0.201. The third kappa shape index (κ3) is 4.36. The summed E-state index contributed by atoms with van der Waals surface area (Å²) in [4.78, 5) is 14.7. The Kier molecular flexibility index (Phi) is 5.53. The first-order valence-electron chi connectivity index (χ1n) is 10.2. The monoisotopic (exact) mass is 373 g/mol. The van der Waals surface area contributed by atoms with Crippen molar-refractivity contribution in [3.63, 3.8) is 0 Å². The average molecular weight is 373 g/mol. The summed E-state index contributed by atoms with van der Waals surface area (Å²) in [6.07, 6.45) is 4.31. The molecule has 1 amide bonds. The second-order valence-electron chi connectivity index (χ2n) is 8.57. The molecule has 0 saturated carbocycles. The molecule has 5 nitrogen and oxygen atoms in total. The van der Waals surface area contributed by atoms with Gasteiger partial charge >= 0.3 is 0 Å². The molecule has 1 atom stereocenters. The van der Waals surface area contributed by atoms with Crippen molar-refractivity contribution >= 4 is 5.91 Å². The van der Waals surface area contributed by atoms with Crippen LogP contribution in [0.1, 0.15) is 47.2 Å². The van der Waals surface area contributed by atoms with E-state index in [0.29, 0.717) is 19.0 Å². The molecule has 1 spiro atoms. The number of aryl methyl sites for hydroxylation is 2. The van der Waals surface area contributed by atoms with Crippen LogP contribution in [0.4, 0.5) is 0 Å². The molecule has 3 saturated heterocycles. The Balaban J connectivity index is 1.29. The van der Waals surface area contributed by atoms with Crippen LogP contribution in [0.25, 0.3) is 0 Å². The van der Waals surface area contributed by atoms with Crippen molar-refractivity contribution < 1.29 is 19.0 Å². The average Bonchev–Trinajstić information content (AvgIpc) is 2.64. The van der Waals surface area contributed by atoms with Gasteiger partial charge in [-0.15, -0.1) is 0 Å². The number of likely N-dealkylation sites (tertiary alicyclic amines) is 1. The zero-order chi connectivity index (χ0) is 18.9. The molecule has 1 aromatic carbocycles. The molecule has 5 heteroatoms. The molecule has 1 unspecified atom stereocenters. The van der Waals surface area contributed by atoms with Crippen LogP contribution in [-0.2, 0) is 14.2 Å². The van der Waals surface area contributed by atoms with Crippen molar-refractivity contribution in [3.8, 4) is 0 Å². The van der Waals surface area contributed by atoms with Gasteiger partial charge in [-0.1, -0.05) is 17.2 Å². The Labute approximate surface area is 162 Å². The first-order valence-corrected chi connectivity index (χ1v) is 10.2. The highest BCUT2D eigenvalue weighted by Crippen LogP contribution is 2.36. The van der Waals surface area contributed by atoms with E-state index in [2.05, 4.69) is 6.07 Å². The smallest absolute Gasteiger partial charge is 0.254 e. The SMILES string of the molecule is Cc1cc(C)cc(C(=O)N2CC3(CC(OCC4CCOCC4)CCO3)C2)c1. The molecular formula is C22H31NO4. The zero-order valence-corrected chi connectivity index (χ0v) is 16.5. The van der Waals surface area contributed by atoms with Crippen LogP contribution < -0.4 is 0 Å². The van der Waals surface area contributed by atoms with Gasteiger partial charge in [-0.3, -0.25) is 4.79 Å². The predicted molar refractivity (Wildman–Crippen MR) is 103 cm³/mol. The number of carbonyl (C=O) groups excluding carboxylic acids is 1. The van der Waals surface area contributed by atoms with Gasteiger partial charge in [0.2, 0.25) is 0 Å². The molecular weight excluding hydrogens is 342 g/mol. The Morgan fingerprint density at radius 2 is 1.81 bits per heavy atom. The summed E-state index contributed by atoms with van der Waals surface area (Å²) < 4.78 is 17.7. The quantitative estimate of drug-likeness (QED) is 0.814. The molecule has 0 N–H and O–H groups in total. The van der Waals surface area contributed by atoms with Crippen molar-refractivity contribution in [2.24, 2.45) is 5.92 Å². The second kappa shape index (κ2) is 7.90. The number of hydrogen-bond donors (Lipinski definition) is 0. The Morgan fingerprint density at radius 1 is 1.11 bits per heavy atom. The van der Waals surface area contributed by atoms with Crippen molar-refractivity contribution in [3.05, 3.63) is 34.9 Å². The van der Waals surface area contributed by atoms with Crippen LogP contribution >= 0.6 is 0 Å². The lowest BCUT2D eigenvalue weighted by atomic mass is 9.84. The fourth-order valence-corrected chi connectivity index (χ4v) is 4.60. The summed E-state index contributed by atoms with van der Waals surface area (Å²) in [6.45, 7) is 8.70. The van der Waals surface area contributed by atoms with Gasteiger partial charge < -0.3 is 19.1 Å². The van der Waals surface area contributed by atoms with Gasteiger partial charge in [-0.25, -0.2) is 0 Å². The van der Waals surface area contributed by atoms with Crippen molar-refractivity contribution in [1.29, 1.82) is 0 Å². The van der Waals surface area contributed by atoms with Gasteiger partial charge in [0, 0.05) is 38.4 Å². The van der Waals surface area contributed by atoms with Crippen LogP contribution in [0.15, 0.2) is 18.2 Å². The van der Waals surface area contributed by atoms with Gasteiger partial charge in [0.15, 0.2) is 0 Å². The third-order valence-corrected chi connectivity index (χ3v) is 6.07. The Morgan fingerprint density at radius 3 is 2.52 bits per heavy atom. The lowest BCUT2D eigenvalue weighted by molar-refractivity contribution is -0.188. The van der Waals surface area contributed by atoms with E-state index in [0.717, 1.165) is 68.8 Å². The molecule has 0 aliphatic carbocycles. The first-order chi connectivity index (χ1) is 13.0. The number of carbonyl (C=O) groups is 1. The minimum Gasteiger partial charge on any atom is -0.381 e. The first kappa shape index (κ1) is 18.9. The molecule has 0 radical (unpaired) electrons. The molecule has 3 aliphatic heterocycles. The number of amides is 1. The molecule has 3 aliphatic rings. The third-order valence-electron chi connectivity index (χ3n) is 6.07. The summed E-state index contributed by atoms with van der Waals surface area (Å²) >= 11 is 0. The maximum Gasteiger partial charge on any atom is 0.254 e. The van der Waals surface area contributed by atoms with E-state index in [-0.39, 0.29) is 17.6 Å². The maximum absolute atomic E-state index is 12.8. The van der Waals surface area contributed by atoms with Crippen LogP contribution in [0, 0.1) is 19.8 Å². The molecule has 1 aromatic rings. The van der Waals surface area contributed by atoms with Crippen molar-refractivity contribution in [2.45, 2.75) is 51.2 Å². The summed E-state index contributed by atoms with van der Waals surface area (Å²) in [7, 11) is 0. The second-order valence-corrected chi connectivity index (χ2v) is 8.57. The number of ether oxygens (including phenoxy) is 3. The van der Waals surface area contributed by atoms with E-state index in [1.54, 1.807) is 0 Å². The van der Waals surface area contributed by atoms with Crippen LogP contribution in [0.5, 0.6) is 0 Å². The minimum absolute atomic E-state index is 0.112. The van der Waals surface area contributed by atoms with Gasteiger partial charge in [0.1, 0.15) is 5.60 Å². The fraction of sp³-hybridized carbons (Fsp3) is 0.682. The van der Waals surface area contributed by atoms with Crippen LogP contribution in [-0.4, -0.2) is 62.0 Å². The number of hydrogen-bond acceptors (Lipinski definition) is 4. The molecule has 3 fully saturated rings. The van der Waals surface area contributed by atoms with E-state index in [4.69, 9.17) is 14.2 Å². The Hall–Kier alpha value is -1.43. The Bertz CT molecular complexity index is 657. The molecule has 3 heterocycles. The highest BCUT2D eigenvalue weighted by Gasteiger charge is 2.49. The maximum atomic E-state index is 12.8. The molecule has 27 heavy (non-hydrogen) atoms. The molecule has 0 aromatic heterocycles. The van der Waals surface area contributed by atoms with E-state index in [1.807, 2.05) is 30.9 Å². The molecule has 0 bridgehead atoms. The number of rotatable bonds is 4. The van der Waals surface area contributed by atoms with Crippen LogP contribution in [0.2, 0.25) is 0 Å². The summed E-state index contributed by atoms with van der Waals surface area (Å²) in [5.41, 5.74) is 2.84. The highest BCUT2D eigenvalue weighted by atomic mass is 16.5. The van der Waals surface area contributed by atoms with E-state index < -0.39 is 0 Å². The molecule has 148 valence electrons. The van der Waals surface area contributed by atoms with Crippen molar-refractivity contribution in [1.82, 2.24) is 4.90 Å². The van der Waals surface area contributed by atoms with Gasteiger partial charge in [-0.05, 0) is 51.2 Å². The topological polar surface area (TPSA) is 48.0 Å². The normalized spacial score (nSPS) is 25.4.